The number of rotatable bonds is 5. The summed E-state index contributed by atoms with van der Waals surface area (Å²) in [4.78, 5) is 22.7. The molecule has 0 aliphatic carbocycles. The maximum atomic E-state index is 12.0. The highest BCUT2D eigenvalue weighted by Crippen LogP contribution is 2.18. The van der Waals surface area contributed by atoms with Crippen molar-refractivity contribution < 1.29 is 14.7 Å². The van der Waals surface area contributed by atoms with E-state index in [-0.39, 0.29) is 11.6 Å². The van der Waals surface area contributed by atoms with Crippen LogP contribution >= 0.6 is 11.6 Å². The standard InChI is InChI=1S/C13H13ClN4O3/c1-8-9(3-2-4-10(8)14)12(19)15-5-6-18-7-11(13(20)21)16-17-18/h2-4,7H,5-6H2,1H3,(H,15,19)(H,20,21). The third-order valence-corrected chi connectivity index (χ3v) is 3.31. The number of nitrogens with one attached hydrogen (secondary N) is 1. The minimum absolute atomic E-state index is 0.132. The van der Waals surface area contributed by atoms with Crippen LogP contribution in [0.2, 0.25) is 5.02 Å². The number of aromatic carboxylic acids is 1. The molecule has 1 aromatic carbocycles. The van der Waals surface area contributed by atoms with Gasteiger partial charge in [0.15, 0.2) is 5.69 Å². The van der Waals surface area contributed by atoms with Gasteiger partial charge in [0.05, 0.1) is 12.7 Å². The second-order valence-corrected chi connectivity index (χ2v) is 4.75. The van der Waals surface area contributed by atoms with Crippen molar-refractivity contribution in [3.63, 3.8) is 0 Å². The lowest BCUT2D eigenvalue weighted by molar-refractivity contribution is 0.0690. The van der Waals surface area contributed by atoms with Gasteiger partial charge in [0, 0.05) is 17.1 Å². The Kier molecular flexibility index (Phi) is 4.54. The molecule has 0 bridgehead atoms. The van der Waals surface area contributed by atoms with E-state index in [4.69, 9.17) is 16.7 Å². The number of hydrogen-bond donors (Lipinski definition) is 2. The molecule has 110 valence electrons. The molecule has 0 fully saturated rings. The summed E-state index contributed by atoms with van der Waals surface area (Å²) in [6.07, 6.45) is 1.30. The lowest BCUT2D eigenvalue weighted by Gasteiger charge is -2.08. The number of amides is 1. The molecule has 0 unspecified atom stereocenters. The Labute approximate surface area is 125 Å². The van der Waals surface area contributed by atoms with Crippen molar-refractivity contribution in [1.29, 1.82) is 0 Å². The number of carbonyl (C=O) groups excluding carboxylic acids is 1. The Balaban J connectivity index is 1.92. The van der Waals surface area contributed by atoms with Gasteiger partial charge in [0.2, 0.25) is 0 Å². The molecule has 0 radical (unpaired) electrons. The predicted octanol–water partition coefficient (Wildman–Crippen LogP) is 1.37. The van der Waals surface area contributed by atoms with Crippen LogP contribution in [0, 0.1) is 6.92 Å². The van der Waals surface area contributed by atoms with Crippen LogP contribution in [0.4, 0.5) is 0 Å². The molecule has 0 aliphatic rings. The Hall–Kier alpha value is -2.41. The third-order valence-electron chi connectivity index (χ3n) is 2.90. The highest BCUT2D eigenvalue weighted by atomic mass is 35.5. The monoisotopic (exact) mass is 308 g/mol. The van der Waals surface area contributed by atoms with Crippen LogP contribution in [-0.4, -0.2) is 38.5 Å². The summed E-state index contributed by atoms with van der Waals surface area (Å²) < 4.78 is 1.36. The van der Waals surface area contributed by atoms with E-state index in [0.717, 1.165) is 0 Å². The highest BCUT2D eigenvalue weighted by molar-refractivity contribution is 6.31. The SMILES string of the molecule is Cc1c(Cl)cccc1C(=O)NCCn1cc(C(=O)O)nn1. The average Bonchev–Trinajstić information content (AvgIpc) is 2.91. The summed E-state index contributed by atoms with van der Waals surface area (Å²) in [6, 6.07) is 5.12. The van der Waals surface area contributed by atoms with Gasteiger partial charge in [-0.2, -0.15) is 0 Å². The Bertz CT molecular complexity index is 684. The van der Waals surface area contributed by atoms with Crippen LogP contribution in [0.15, 0.2) is 24.4 Å². The largest absolute Gasteiger partial charge is 0.476 e. The Morgan fingerprint density at radius 2 is 2.19 bits per heavy atom. The summed E-state index contributed by atoms with van der Waals surface area (Å²) in [5.41, 5.74) is 1.09. The quantitative estimate of drug-likeness (QED) is 0.869. The van der Waals surface area contributed by atoms with Gasteiger partial charge in [-0.25, -0.2) is 9.48 Å². The van der Waals surface area contributed by atoms with Crippen molar-refractivity contribution in [2.75, 3.05) is 6.54 Å². The number of carbonyl (C=O) groups is 2. The van der Waals surface area contributed by atoms with Crippen molar-refractivity contribution in [2.24, 2.45) is 0 Å². The molecule has 2 aromatic rings. The molecule has 0 atom stereocenters. The van der Waals surface area contributed by atoms with E-state index in [2.05, 4.69) is 15.6 Å². The highest BCUT2D eigenvalue weighted by Gasteiger charge is 2.11. The van der Waals surface area contributed by atoms with E-state index >= 15 is 0 Å². The number of carboxylic acids is 1. The molecule has 0 saturated carbocycles. The number of hydrogen-bond acceptors (Lipinski definition) is 4. The molecule has 1 heterocycles. The lowest BCUT2D eigenvalue weighted by atomic mass is 10.1. The van der Waals surface area contributed by atoms with Crippen molar-refractivity contribution in [3.05, 3.63) is 46.2 Å². The fourth-order valence-corrected chi connectivity index (χ4v) is 1.91. The van der Waals surface area contributed by atoms with E-state index in [0.29, 0.717) is 29.2 Å². The normalized spacial score (nSPS) is 10.4. The molecule has 1 amide bonds. The van der Waals surface area contributed by atoms with Crippen molar-refractivity contribution >= 4 is 23.5 Å². The number of aromatic nitrogens is 3. The van der Waals surface area contributed by atoms with E-state index in [1.165, 1.54) is 10.9 Å². The predicted molar refractivity (Wildman–Crippen MR) is 75.5 cm³/mol. The van der Waals surface area contributed by atoms with Gasteiger partial charge >= 0.3 is 5.97 Å². The minimum Gasteiger partial charge on any atom is -0.476 e. The van der Waals surface area contributed by atoms with Crippen LogP contribution in [0.5, 0.6) is 0 Å². The summed E-state index contributed by atoms with van der Waals surface area (Å²) in [5.74, 6) is -1.38. The second kappa shape index (κ2) is 6.36. The van der Waals surface area contributed by atoms with Gasteiger partial charge in [-0.1, -0.05) is 22.9 Å². The first-order chi connectivity index (χ1) is 9.99. The lowest BCUT2D eigenvalue weighted by Crippen LogP contribution is -2.28. The zero-order valence-corrected chi connectivity index (χ0v) is 12.0. The molecule has 0 aliphatic heterocycles. The van der Waals surface area contributed by atoms with Gasteiger partial charge in [0.1, 0.15) is 0 Å². The smallest absolute Gasteiger partial charge is 0.358 e. The molecule has 1 aromatic heterocycles. The van der Waals surface area contributed by atoms with E-state index in [9.17, 15) is 9.59 Å². The summed E-state index contributed by atoms with van der Waals surface area (Å²) in [6.45, 7) is 2.40. The van der Waals surface area contributed by atoms with Gasteiger partial charge in [-0.15, -0.1) is 5.10 Å². The molecular weight excluding hydrogens is 296 g/mol. The summed E-state index contributed by atoms with van der Waals surface area (Å²) >= 11 is 5.96. The molecule has 2 rings (SSSR count). The number of halogens is 1. The Morgan fingerprint density at radius 3 is 2.86 bits per heavy atom. The molecule has 7 nitrogen and oxygen atoms in total. The molecule has 0 spiro atoms. The maximum absolute atomic E-state index is 12.0. The first-order valence-electron chi connectivity index (χ1n) is 6.16. The molecule has 8 heteroatoms. The van der Waals surface area contributed by atoms with E-state index in [1.54, 1.807) is 25.1 Å². The maximum Gasteiger partial charge on any atom is 0.358 e. The zero-order chi connectivity index (χ0) is 15.4. The molecule has 0 saturated heterocycles. The third kappa shape index (κ3) is 3.57. The number of nitrogens with zero attached hydrogens (tertiary/aromatic N) is 3. The summed E-state index contributed by atoms with van der Waals surface area (Å²) in [7, 11) is 0. The average molecular weight is 309 g/mol. The van der Waals surface area contributed by atoms with Gasteiger partial charge in [0.25, 0.3) is 5.91 Å². The van der Waals surface area contributed by atoms with Crippen molar-refractivity contribution in [1.82, 2.24) is 20.3 Å². The fraction of sp³-hybridized carbons (Fsp3) is 0.231. The van der Waals surface area contributed by atoms with E-state index < -0.39 is 5.97 Å². The minimum atomic E-state index is -1.14. The van der Waals surface area contributed by atoms with Crippen LogP contribution in [-0.2, 0) is 6.54 Å². The molecule has 21 heavy (non-hydrogen) atoms. The first-order valence-corrected chi connectivity index (χ1v) is 6.53. The topological polar surface area (TPSA) is 97.1 Å². The summed E-state index contributed by atoms with van der Waals surface area (Å²) in [5, 5.41) is 19.1. The Morgan fingerprint density at radius 1 is 1.43 bits per heavy atom. The fourth-order valence-electron chi connectivity index (χ4n) is 1.74. The molecule has 2 N–H and O–H groups in total. The zero-order valence-electron chi connectivity index (χ0n) is 11.2. The van der Waals surface area contributed by atoms with Crippen LogP contribution < -0.4 is 5.32 Å². The van der Waals surface area contributed by atoms with Gasteiger partial charge in [-0.3, -0.25) is 4.79 Å². The van der Waals surface area contributed by atoms with Crippen LogP contribution in [0.3, 0.4) is 0 Å². The number of carboxylic acid groups (broad SMARTS) is 1. The van der Waals surface area contributed by atoms with Gasteiger partial charge in [-0.05, 0) is 24.6 Å². The van der Waals surface area contributed by atoms with Crippen molar-refractivity contribution in [2.45, 2.75) is 13.5 Å². The second-order valence-electron chi connectivity index (χ2n) is 4.34. The number of benzene rings is 1. The van der Waals surface area contributed by atoms with Gasteiger partial charge < -0.3 is 10.4 Å². The van der Waals surface area contributed by atoms with Crippen LogP contribution in [0.25, 0.3) is 0 Å². The first kappa shape index (κ1) is 15.0. The van der Waals surface area contributed by atoms with Crippen LogP contribution in [0.1, 0.15) is 26.4 Å². The van der Waals surface area contributed by atoms with E-state index in [1.807, 2.05) is 0 Å². The molecular formula is C13H13ClN4O3. The van der Waals surface area contributed by atoms with Crippen molar-refractivity contribution in [3.8, 4) is 0 Å².